The summed E-state index contributed by atoms with van der Waals surface area (Å²) in [4.78, 5) is 7.59. The second kappa shape index (κ2) is 12.7. The Bertz CT molecular complexity index is 1920. The molecule has 228 valence electrons. The number of hydrogen-bond acceptors (Lipinski definition) is 6. The fourth-order valence-electron chi connectivity index (χ4n) is 6.29. The van der Waals surface area contributed by atoms with Crippen LogP contribution in [0.4, 0.5) is 0 Å². The van der Waals surface area contributed by atoms with Crippen molar-refractivity contribution in [3.05, 3.63) is 118 Å². The summed E-state index contributed by atoms with van der Waals surface area (Å²) in [5.41, 5.74) is 8.75. The van der Waals surface area contributed by atoms with Crippen molar-refractivity contribution in [1.29, 1.82) is 0 Å². The quantitative estimate of drug-likeness (QED) is 0.149. The third kappa shape index (κ3) is 6.55. The molecule has 0 bridgehead atoms. The van der Waals surface area contributed by atoms with Crippen molar-refractivity contribution < 1.29 is 0 Å². The Kier molecular flexibility index (Phi) is 8.46. The maximum absolute atomic E-state index is 6.26. The third-order valence-corrected chi connectivity index (χ3v) is 11.0. The van der Waals surface area contributed by atoms with Crippen LogP contribution in [0.15, 0.2) is 94.9 Å². The lowest BCUT2D eigenvalue weighted by molar-refractivity contribution is 0.342. The van der Waals surface area contributed by atoms with E-state index >= 15 is 0 Å². The Morgan fingerprint density at radius 3 is 2.53 bits per heavy atom. The van der Waals surface area contributed by atoms with Crippen molar-refractivity contribution in [2.24, 2.45) is 5.41 Å². The van der Waals surface area contributed by atoms with E-state index in [1.165, 1.54) is 43.1 Å². The second-order valence-electron chi connectivity index (χ2n) is 12.6. The minimum atomic E-state index is -0.0664. The largest absolute Gasteiger partial charge is 0.339 e. The van der Waals surface area contributed by atoms with Gasteiger partial charge < -0.3 is 4.57 Å². The molecule has 3 aromatic carbocycles. The number of H-pyrrole nitrogens is 1. The number of aromatic amines is 1. The van der Waals surface area contributed by atoms with E-state index in [-0.39, 0.29) is 5.41 Å². The molecule has 6 nitrogen and oxygen atoms in total. The standard InChI is InChI=1S/C36H35ClN6S2/c1-23-17-29-32(44-22-28-14-11-26(20-38-28)25-7-5-4-6-8-25)16-15-30-34(29)35(45-23)31(18-36(2,3)19-33-39-41-42-40-33)43(30)21-24-9-12-27(37)13-10-24/h4-16,20,23H,17-19,21-22H2,1-3H3,(H,39,40,41,42). The lowest BCUT2D eigenvalue weighted by Crippen LogP contribution is -2.22. The summed E-state index contributed by atoms with van der Waals surface area (Å²) in [5, 5.41) is 17.6. The molecule has 0 saturated carbocycles. The summed E-state index contributed by atoms with van der Waals surface area (Å²) in [5.74, 6) is 1.58. The van der Waals surface area contributed by atoms with Crippen LogP contribution in [-0.4, -0.2) is 35.4 Å². The minimum Gasteiger partial charge on any atom is -0.339 e. The van der Waals surface area contributed by atoms with Crippen molar-refractivity contribution in [2.75, 3.05) is 0 Å². The van der Waals surface area contributed by atoms with Crippen LogP contribution in [0.2, 0.25) is 5.02 Å². The first-order valence-electron chi connectivity index (χ1n) is 15.3. The van der Waals surface area contributed by atoms with Crippen LogP contribution >= 0.6 is 35.1 Å². The minimum absolute atomic E-state index is 0.0664. The second-order valence-corrected chi connectivity index (χ2v) is 15.5. The fourth-order valence-corrected chi connectivity index (χ4v) is 8.74. The smallest absolute Gasteiger partial charge is 0.175 e. The van der Waals surface area contributed by atoms with E-state index in [0.717, 1.165) is 53.7 Å². The number of hydrogen-bond donors (Lipinski definition) is 1. The van der Waals surface area contributed by atoms with E-state index in [4.69, 9.17) is 16.6 Å². The SMILES string of the molecule is CC1Cc2c(SCc3ccc(-c4ccccc4)cn3)ccc3c2c(c(CC(C)(C)Cc2nn[nH]n2)n3Cc2ccc(Cl)cc2)S1. The van der Waals surface area contributed by atoms with Gasteiger partial charge in [-0.15, -0.1) is 33.7 Å². The first-order valence-corrected chi connectivity index (χ1v) is 17.5. The molecule has 0 aliphatic carbocycles. The summed E-state index contributed by atoms with van der Waals surface area (Å²) in [6.07, 6.45) is 4.69. The predicted molar refractivity (Wildman–Crippen MR) is 186 cm³/mol. The Hall–Kier alpha value is -3.59. The van der Waals surface area contributed by atoms with E-state index in [2.05, 4.69) is 107 Å². The van der Waals surface area contributed by atoms with Crippen molar-refractivity contribution >= 4 is 46.0 Å². The third-order valence-electron chi connectivity index (χ3n) is 8.40. The molecule has 0 fully saturated rings. The van der Waals surface area contributed by atoms with Gasteiger partial charge in [-0.3, -0.25) is 4.98 Å². The number of halogens is 1. The zero-order valence-corrected chi connectivity index (χ0v) is 28.0. The van der Waals surface area contributed by atoms with Crippen molar-refractivity contribution in [1.82, 2.24) is 30.2 Å². The number of tetrazole rings is 1. The summed E-state index contributed by atoms with van der Waals surface area (Å²) in [6.45, 7) is 7.75. The predicted octanol–water partition coefficient (Wildman–Crippen LogP) is 9.06. The van der Waals surface area contributed by atoms with E-state index in [1.807, 2.05) is 47.9 Å². The Labute approximate surface area is 277 Å². The first-order chi connectivity index (χ1) is 21.8. The van der Waals surface area contributed by atoms with Gasteiger partial charge in [0, 0.05) is 61.6 Å². The normalized spacial score (nSPS) is 14.7. The van der Waals surface area contributed by atoms with Gasteiger partial charge in [-0.05, 0) is 65.3 Å². The van der Waals surface area contributed by atoms with E-state index in [1.54, 1.807) is 0 Å². The lowest BCUT2D eigenvalue weighted by atomic mass is 9.84. The summed E-state index contributed by atoms with van der Waals surface area (Å²) in [6, 6.07) is 27.7. The summed E-state index contributed by atoms with van der Waals surface area (Å²) in [7, 11) is 0. The topological polar surface area (TPSA) is 72.3 Å². The van der Waals surface area contributed by atoms with Crippen LogP contribution in [0.25, 0.3) is 22.0 Å². The Morgan fingerprint density at radius 2 is 1.80 bits per heavy atom. The highest BCUT2D eigenvalue weighted by molar-refractivity contribution is 8.00. The van der Waals surface area contributed by atoms with E-state index < -0.39 is 0 Å². The average molecular weight is 651 g/mol. The molecular formula is C36H35ClN6S2. The van der Waals surface area contributed by atoms with E-state index in [0.29, 0.717) is 5.25 Å². The molecule has 4 heterocycles. The number of nitrogens with one attached hydrogen (secondary N) is 1. The molecule has 0 radical (unpaired) electrons. The summed E-state index contributed by atoms with van der Waals surface area (Å²) >= 11 is 10.2. The van der Waals surface area contributed by atoms with Gasteiger partial charge in [-0.1, -0.05) is 86.1 Å². The van der Waals surface area contributed by atoms with E-state index in [9.17, 15) is 0 Å². The molecule has 1 N–H and O–H groups in total. The van der Waals surface area contributed by atoms with Crippen molar-refractivity contribution in [2.45, 2.75) is 67.4 Å². The molecule has 0 spiro atoms. The molecule has 0 saturated heterocycles. The van der Waals surface area contributed by atoms with Gasteiger partial charge in [-0.25, -0.2) is 0 Å². The molecule has 45 heavy (non-hydrogen) atoms. The molecule has 1 aliphatic heterocycles. The highest BCUT2D eigenvalue weighted by Crippen LogP contribution is 2.48. The van der Waals surface area contributed by atoms with Crippen molar-refractivity contribution in [3.63, 3.8) is 0 Å². The van der Waals surface area contributed by atoms with Crippen LogP contribution < -0.4 is 0 Å². The number of thioether (sulfide) groups is 2. The number of aromatic nitrogens is 6. The number of rotatable bonds is 10. The molecule has 0 amide bonds. The maximum Gasteiger partial charge on any atom is 0.175 e. The Balaban J connectivity index is 1.24. The van der Waals surface area contributed by atoms with Gasteiger partial charge >= 0.3 is 0 Å². The zero-order valence-electron chi connectivity index (χ0n) is 25.6. The number of pyridine rings is 1. The van der Waals surface area contributed by atoms with Gasteiger partial charge in [0.15, 0.2) is 5.82 Å². The molecule has 7 rings (SSSR count). The molecule has 3 aromatic heterocycles. The lowest BCUT2D eigenvalue weighted by Gasteiger charge is -2.26. The van der Waals surface area contributed by atoms with Gasteiger partial charge in [0.05, 0.1) is 11.2 Å². The average Bonchev–Trinajstić information content (AvgIpc) is 3.64. The van der Waals surface area contributed by atoms with Gasteiger partial charge in [0.25, 0.3) is 0 Å². The Morgan fingerprint density at radius 1 is 0.978 bits per heavy atom. The summed E-state index contributed by atoms with van der Waals surface area (Å²) < 4.78 is 2.54. The van der Waals surface area contributed by atoms with Crippen molar-refractivity contribution in [3.8, 4) is 11.1 Å². The zero-order chi connectivity index (χ0) is 31.0. The number of benzene rings is 3. The molecular weight excluding hydrogens is 616 g/mol. The van der Waals surface area contributed by atoms with Crippen LogP contribution in [0.5, 0.6) is 0 Å². The van der Waals surface area contributed by atoms with Gasteiger partial charge in [0.1, 0.15) is 0 Å². The highest BCUT2D eigenvalue weighted by Gasteiger charge is 2.32. The van der Waals surface area contributed by atoms with Gasteiger partial charge in [0.2, 0.25) is 0 Å². The first kappa shape index (κ1) is 30.1. The maximum atomic E-state index is 6.26. The van der Waals surface area contributed by atoms with Crippen LogP contribution in [0.3, 0.4) is 0 Å². The van der Waals surface area contributed by atoms with Crippen LogP contribution in [-0.2, 0) is 31.6 Å². The van der Waals surface area contributed by atoms with Crippen LogP contribution in [0, 0.1) is 5.41 Å². The monoisotopic (exact) mass is 650 g/mol. The number of nitrogens with zero attached hydrogens (tertiary/aromatic N) is 5. The van der Waals surface area contributed by atoms with Crippen LogP contribution in [0.1, 0.15) is 49.1 Å². The van der Waals surface area contributed by atoms with Gasteiger partial charge in [-0.2, -0.15) is 5.21 Å². The molecule has 9 heteroatoms. The fraction of sp³-hybridized carbons (Fsp3) is 0.278. The molecule has 1 unspecified atom stereocenters. The highest BCUT2D eigenvalue weighted by atomic mass is 35.5. The molecule has 1 atom stereocenters. The molecule has 6 aromatic rings. The molecule has 1 aliphatic rings.